The highest BCUT2D eigenvalue weighted by Crippen LogP contribution is 2.29. The van der Waals surface area contributed by atoms with E-state index in [9.17, 15) is 9.59 Å². The highest BCUT2D eigenvalue weighted by Gasteiger charge is 2.14. The predicted octanol–water partition coefficient (Wildman–Crippen LogP) is -0.0905. The van der Waals surface area contributed by atoms with Crippen LogP contribution in [0.1, 0.15) is 0 Å². The summed E-state index contributed by atoms with van der Waals surface area (Å²) in [7, 11) is 4.53. The minimum Gasteiger partial charge on any atom is -0.493 e. The van der Waals surface area contributed by atoms with Gasteiger partial charge in [0.05, 0.1) is 20.8 Å². The molecule has 0 saturated heterocycles. The lowest BCUT2D eigenvalue weighted by atomic mass is 10.2. The van der Waals surface area contributed by atoms with E-state index in [0.29, 0.717) is 30.3 Å². The number of hydrazine groups is 1. The molecule has 0 aromatic heterocycles. The van der Waals surface area contributed by atoms with Gasteiger partial charge in [-0.05, 0) is 12.1 Å². The van der Waals surface area contributed by atoms with Gasteiger partial charge < -0.3 is 19.5 Å². The number of ether oxygens (including phenoxy) is 3. The van der Waals surface area contributed by atoms with Gasteiger partial charge in [-0.15, -0.1) is 0 Å². The van der Waals surface area contributed by atoms with E-state index in [1.54, 1.807) is 18.2 Å². The molecule has 0 bridgehead atoms. The second-order valence-electron chi connectivity index (χ2n) is 3.90. The minimum atomic E-state index is -0.805. The Morgan fingerprint density at radius 2 is 1.76 bits per heavy atom. The molecule has 0 fully saturated rings. The zero-order valence-corrected chi connectivity index (χ0v) is 12.2. The fourth-order valence-corrected chi connectivity index (χ4v) is 1.45. The van der Waals surface area contributed by atoms with E-state index in [-0.39, 0.29) is 0 Å². The van der Waals surface area contributed by atoms with Crippen LogP contribution >= 0.6 is 0 Å². The number of benzene rings is 1. The third-order valence-electron chi connectivity index (χ3n) is 2.48. The molecule has 0 aliphatic carbocycles. The molecule has 3 N–H and O–H groups in total. The van der Waals surface area contributed by atoms with Crippen molar-refractivity contribution < 1.29 is 23.8 Å². The number of carbonyl (C=O) groups is 2. The molecule has 2 amide bonds. The molecule has 21 heavy (non-hydrogen) atoms. The van der Waals surface area contributed by atoms with Crippen LogP contribution in [0.3, 0.4) is 0 Å². The van der Waals surface area contributed by atoms with Crippen LogP contribution in [0.2, 0.25) is 0 Å². The predicted molar refractivity (Wildman–Crippen MR) is 76.2 cm³/mol. The molecule has 1 rings (SSSR count). The van der Waals surface area contributed by atoms with Crippen LogP contribution in [0.4, 0.5) is 5.69 Å². The Morgan fingerprint density at radius 1 is 1.05 bits per heavy atom. The number of hydrogen-bond acceptors (Lipinski definition) is 6. The van der Waals surface area contributed by atoms with Crippen molar-refractivity contribution in [2.75, 3.05) is 39.8 Å². The van der Waals surface area contributed by atoms with E-state index in [1.165, 1.54) is 21.3 Å². The van der Waals surface area contributed by atoms with Gasteiger partial charge in [0, 0.05) is 25.4 Å². The number of anilines is 1. The number of rotatable bonds is 7. The summed E-state index contributed by atoms with van der Waals surface area (Å²) in [5.41, 5.74) is 5.24. The first-order valence-electron chi connectivity index (χ1n) is 6.17. The normalized spacial score (nSPS) is 9.86. The van der Waals surface area contributed by atoms with E-state index in [2.05, 4.69) is 16.2 Å². The van der Waals surface area contributed by atoms with Gasteiger partial charge in [0.15, 0.2) is 11.5 Å². The first kappa shape index (κ1) is 16.7. The SMILES string of the molecule is COCCNNC(=O)C(=O)Nc1ccc(OC)c(OC)c1. The van der Waals surface area contributed by atoms with Crippen LogP contribution in [0.5, 0.6) is 11.5 Å². The van der Waals surface area contributed by atoms with Crippen LogP contribution in [0.15, 0.2) is 18.2 Å². The molecule has 116 valence electrons. The zero-order chi connectivity index (χ0) is 15.7. The van der Waals surface area contributed by atoms with E-state index >= 15 is 0 Å². The van der Waals surface area contributed by atoms with E-state index < -0.39 is 11.8 Å². The Labute approximate surface area is 122 Å². The number of amides is 2. The molecule has 0 unspecified atom stereocenters. The highest BCUT2D eigenvalue weighted by molar-refractivity contribution is 6.39. The quantitative estimate of drug-likeness (QED) is 0.370. The maximum absolute atomic E-state index is 11.7. The second-order valence-corrected chi connectivity index (χ2v) is 3.90. The zero-order valence-electron chi connectivity index (χ0n) is 12.2. The monoisotopic (exact) mass is 297 g/mol. The minimum absolute atomic E-state index is 0.395. The number of nitrogens with one attached hydrogen (secondary N) is 3. The summed E-state index contributed by atoms with van der Waals surface area (Å²) >= 11 is 0. The van der Waals surface area contributed by atoms with E-state index in [1.807, 2.05) is 0 Å². The lowest BCUT2D eigenvalue weighted by Gasteiger charge is -2.11. The Balaban J connectivity index is 2.56. The Bertz CT molecular complexity index is 493. The lowest BCUT2D eigenvalue weighted by molar-refractivity contribution is -0.136. The smallest absolute Gasteiger partial charge is 0.323 e. The van der Waals surface area contributed by atoms with Crippen molar-refractivity contribution in [1.82, 2.24) is 10.9 Å². The van der Waals surface area contributed by atoms with Gasteiger partial charge in [-0.3, -0.25) is 15.0 Å². The summed E-state index contributed by atoms with van der Waals surface area (Å²) in [6, 6.07) is 4.79. The van der Waals surface area contributed by atoms with Gasteiger partial charge in [-0.1, -0.05) is 0 Å². The molecule has 0 heterocycles. The Kier molecular flexibility index (Phi) is 6.99. The third kappa shape index (κ3) is 5.28. The van der Waals surface area contributed by atoms with Crippen LogP contribution in [-0.4, -0.2) is 46.3 Å². The van der Waals surface area contributed by atoms with Crippen molar-refractivity contribution >= 4 is 17.5 Å². The van der Waals surface area contributed by atoms with Crippen molar-refractivity contribution in [1.29, 1.82) is 0 Å². The molecule has 1 aromatic carbocycles. The maximum atomic E-state index is 11.7. The van der Waals surface area contributed by atoms with Crippen molar-refractivity contribution in [2.45, 2.75) is 0 Å². The van der Waals surface area contributed by atoms with Gasteiger partial charge >= 0.3 is 11.8 Å². The first-order valence-corrected chi connectivity index (χ1v) is 6.17. The summed E-state index contributed by atoms with van der Waals surface area (Å²) in [6.07, 6.45) is 0. The van der Waals surface area contributed by atoms with Crippen molar-refractivity contribution in [3.63, 3.8) is 0 Å². The van der Waals surface area contributed by atoms with Gasteiger partial charge in [-0.2, -0.15) is 0 Å². The number of hydrogen-bond donors (Lipinski definition) is 3. The van der Waals surface area contributed by atoms with E-state index in [4.69, 9.17) is 14.2 Å². The highest BCUT2D eigenvalue weighted by atomic mass is 16.5. The Morgan fingerprint density at radius 3 is 2.38 bits per heavy atom. The second kappa shape index (κ2) is 8.77. The maximum Gasteiger partial charge on any atom is 0.323 e. The summed E-state index contributed by atoms with van der Waals surface area (Å²) in [5, 5.41) is 2.45. The molecule has 0 atom stereocenters. The lowest BCUT2D eigenvalue weighted by Crippen LogP contribution is -2.44. The molecule has 0 spiro atoms. The van der Waals surface area contributed by atoms with Gasteiger partial charge in [0.2, 0.25) is 0 Å². The fraction of sp³-hybridized carbons (Fsp3) is 0.385. The average molecular weight is 297 g/mol. The molecule has 0 saturated carbocycles. The topological polar surface area (TPSA) is 97.9 Å². The van der Waals surface area contributed by atoms with Gasteiger partial charge in [-0.25, -0.2) is 5.43 Å². The van der Waals surface area contributed by atoms with Crippen molar-refractivity contribution in [3.8, 4) is 11.5 Å². The van der Waals surface area contributed by atoms with Crippen molar-refractivity contribution in [3.05, 3.63) is 18.2 Å². The molecule has 8 heteroatoms. The van der Waals surface area contributed by atoms with Crippen LogP contribution in [-0.2, 0) is 14.3 Å². The standard InChI is InChI=1S/C13H19N3O5/c1-19-7-6-14-16-13(18)12(17)15-9-4-5-10(20-2)11(8-9)21-3/h4-5,8,14H,6-7H2,1-3H3,(H,15,17)(H,16,18). The van der Waals surface area contributed by atoms with Crippen molar-refractivity contribution in [2.24, 2.45) is 0 Å². The number of methoxy groups -OCH3 is 3. The first-order chi connectivity index (χ1) is 10.1. The summed E-state index contributed by atoms with van der Waals surface area (Å²) < 4.78 is 15.0. The fourth-order valence-electron chi connectivity index (χ4n) is 1.45. The molecular formula is C13H19N3O5. The largest absolute Gasteiger partial charge is 0.493 e. The average Bonchev–Trinajstić information content (AvgIpc) is 2.51. The molecule has 8 nitrogen and oxygen atoms in total. The van der Waals surface area contributed by atoms with Gasteiger partial charge in [0.1, 0.15) is 0 Å². The van der Waals surface area contributed by atoms with E-state index in [0.717, 1.165) is 0 Å². The molecule has 0 aliphatic heterocycles. The molecule has 0 radical (unpaired) electrons. The molecule has 0 aliphatic rings. The summed E-state index contributed by atoms with van der Waals surface area (Å²) in [5.74, 6) is -0.622. The third-order valence-corrected chi connectivity index (χ3v) is 2.48. The molecular weight excluding hydrogens is 278 g/mol. The summed E-state index contributed by atoms with van der Waals surface area (Å²) in [6.45, 7) is 0.809. The molecule has 1 aromatic rings. The van der Waals surface area contributed by atoms with Crippen LogP contribution in [0.25, 0.3) is 0 Å². The number of carbonyl (C=O) groups excluding carboxylic acids is 2. The Hall–Kier alpha value is -2.32. The van der Waals surface area contributed by atoms with Crippen LogP contribution < -0.4 is 25.6 Å². The summed E-state index contributed by atoms with van der Waals surface area (Å²) in [4.78, 5) is 23.2. The van der Waals surface area contributed by atoms with Gasteiger partial charge in [0.25, 0.3) is 0 Å². The van der Waals surface area contributed by atoms with Crippen LogP contribution in [0, 0.1) is 0 Å².